The van der Waals surface area contributed by atoms with Crippen molar-refractivity contribution in [2.24, 2.45) is 0 Å². The second-order valence-corrected chi connectivity index (χ2v) is 8.50. The van der Waals surface area contributed by atoms with Gasteiger partial charge in [0.15, 0.2) is 0 Å². The number of piperidine rings is 2. The lowest BCUT2D eigenvalue weighted by atomic mass is 9.78. The number of ether oxygens (including phenoxy) is 1. The fraction of sp³-hybridized carbons (Fsp3) is 0.682. The normalized spacial score (nSPS) is 32.0. The van der Waals surface area contributed by atoms with Crippen molar-refractivity contribution >= 4 is 5.91 Å². The van der Waals surface area contributed by atoms with Gasteiger partial charge in [-0.2, -0.15) is 0 Å². The lowest BCUT2D eigenvalue weighted by molar-refractivity contribution is -0.984. The average Bonchev–Trinajstić information content (AvgIpc) is 2.68. The smallest absolute Gasteiger partial charge is 0.255 e. The maximum Gasteiger partial charge on any atom is 0.255 e. The van der Waals surface area contributed by atoms with E-state index in [1.165, 1.54) is 51.4 Å². The number of carbonyl (C=O) groups is 1. The highest BCUT2D eigenvalue weighted by molar-refractivity contribution is 5.97. The van der Waals surface area contributed by atoms with Gasteiger partial charge in [0, 0.05) is 18.9 Å². The van der Waals surface area contributed by atoms with Crippen molar-refractivity contribution in [1.29, 1.82) is 0 Å². The lowest BCUT2D eigenvalue weighted by Crippen LogP contribution is -3.24. The Labute approximate surface area is 157 Å². The zero-order valence-corrected chi connectivity index (χ0v) is 16.0. The zero-order valence-electron chi connectivity index (χ0n) is 16.0. The minimum atomic E-state index is 0.0200. The van der Waals surface area contributed by atoms with Crippen molar-refractivity contribution in [3.05, 3.63) is 29.8 Å². The number of methoxy groups -OCH3 is 1. The summed E-state index contributed by atoms with van der Waals surface area (Å²) in [6, 6.07) is 10.2. The van der Waals surface area contributed by atoms with Crippen molar-refractivity contribution < 1.29 is 14.4 Å². The van der Waals surface area contributed by atoms with Gasteiger partial charge in [0.2, 0.25) is 0 Å². The molecular weight excluding hydrogens is 324 g/mol. The average molecular weight is 358 g/mol. The standard InChI is InChI=1S/C22H32N2O2/c1-26-21-13-6-5-12-20(21)22(25)23-16-14-18-10-7-11-19(15-16)24(18)17-8-3-2-4-9-17/h5-6,12-13,16-19H,2-4,7-11,14-15H2,1H3,(H,23,25)/p+1/t18-,19-/m1/s1. The fourth-order valence-corrected chi connectivity index (χ4v) is 5.88. The summed E-state index contributed by atoms with van der Waals surface area (Å²) in [4.78, 5) is 14.7. The molecule has 1 saturated carbocycles. The molecule has 3 aliphatic rings. The molecule has 2 N–H and O–H groups in total. The highest BCUT2D eigenvalue weighted by Gasteiger charge is 2.45. The van der Waals surface area contributed by atoms with Crippen LogP contribution in [0.25, 0.3) is 0 Å². The van der Waals surface area contributed by atoms with Crippen LogP contribution in [0.2, 0.25) is 0 Å². The molecule has 4 rings (SSSR count). The molecule has 2 atom stereocenters. The summed E-state index contributed by atoms with van der Waals surface area (Å²) in [5.41, 5.74) is 0.655. The van der Waals surface area contributed by atoms with Gasteiger partial charge in [0.25, 0.3) is 5.91 Å². The molecule has 1 amide bonds. The van der Waals surface area contributed by atoms with Gasteiger partial charge in [0.05, 0.1) is 30.8 Å². The number of para-hydroxylation sites is 1. The van der Waals surface area contributed by atoms with Crippen LogP contribution in [-0.4, -0.2) is 37.2 Å². The maximum atomic E-state index is 12.8. The van der Waals surface area contributed by atoms with Crippen molar-refractivity contribution in [3.8, 4) is 5.75 Å². The summed E-state index contributed by atoms with van der Waals surface area (Å²) in [6.07, 6.45) is 13.4. The van der Waals surface area contributed by atoms with Gasteiger partial charge in [-0.15, -0.1) is 0 Å². The zero-order chi connectivity index (χ0) is 17.9. The Kier molecular flexibility index (Phi) is 5.49. The van der Waals surface area contributed by atoms with Gasteiger partial charge in [0.1, 0.15) is 5.75 Å². The van der Waals surface area contributed by atoms with E-state index < -0.39 is 0 Å². The molecule has 0 unspecified atom stereocenters. The first-order valence-electron chi connectivity index (χ1n) is 10.6. The molecule has 0 radical (unpaired) electrons. The van der Waals surface area contributed by atoms with Crippen LogP contribution in [0.3, 0.4) is 0 Å². The molecule has 4 nitrogen and oxygen atoms in total. The third-order valence-corrected chi connectivity index (χ3v) is 6.95. The first-order chi connectivity index (χ1) is 12.8. The molecule has 2 bridgehead atoms. The summed E-state index contributed by atoms with van der Waals surface area (Å²) < 4.78 is 5.36. The molecule has 2 heterocycles. The Hall–Kier alpha value is -1.55. The molecule has 0 aromatic heterocycles. The minimum absolute atomic E-state index is 0.0200. The quantitative estimate of drug-likeness (QED) is 0.870. The molecule has 0 spiro atoms. The Morgan fingerprint density at radius 3 is 2.31 bits per heavy atom. The van der Waals surface area contributed by atoms with Crippen LogP contribution in [0.5, 0.6) is 5.75 Å². The van der Waals surface area contributed by atoms with Crippen LogP contribution in [0.4, 0.5) is 0 Å². The van der Waals surface area contributed by atoms with E-state index in [2.05, 4.69) is 5.32 Å². The molecule has 142 valence electrons. The van der Waals surface area contributed by atoms with E-state index in [1.807, 2.05) is 29.2 Å². The van der Waals surface area contributed by atoms with E-state index in [0.29, 0.717) is 17.4 Å². The maximum absolute atomic E-state index is 12.8. The molecule has 26 heavy (non-hydrogen) atoms. The molecule has 3 fully saturated rings. The van der Waals surface area contributed by atoms with Crippen LogP contribution < -0.4 is 15.0 Å². The predicted molar refractivity (Wildman–Crippen MR) is 103 cm³/mol. The van der Waals surface area contributed by atoms with Crippen LogP contribution in [0.1, 0.15) is 74.6 Å². The molecule has 2 saturated heterocycles. The van der Waals surface area contributed by atoms with Crippen LogP contribution in [0, 0.1) is 0 Å². The van der Waals surface area contributed by atoms with E-state index in [9.17, 15) is 4.79 Å². The Bertz CT molecular complexity index is 612. The van der Waals surface area contributed by atoms with Gasteiger partial charge in [-0.3, -0.25) is 4.79 Å². The highest BCUT2D eigenvalue weighted by Crippen LogP contribution is 2.26. The number of fused-ring (bicyclic) bond motifs is 2. The summed E-state index contributed by atoms with van der Waals surface area (Å²) in [6.45, 7) is 0. The summed E-state index contributed by atoms with van der Waals surface area (Å²) in [7, 11) is 1.63. The number of hydrogen-bond acceptors (Lipinski definition) is 2. The predicted octanol–water partition coefficient (Wildman–Crippen LogP) is 2.73. The van der Waals surface area contributed by atoms with Crippen LogP contribution >= 0.6 is 0 Å². The third kappa shape index (κ3) is 3.62. The lowest BCUT2D eigenvalue weighted by Gasteiger charge is -2.50. The van der Waals surface area contributed by atoms with Crippen LogP contribution in [0.15, 0.2) is 24.3 Å². The number of carbonyl (C=O) groups excluding carboxylic acids is 1. The van der Waals surface area contributed by atoms with E-state index >= 15 is 0 Å². The van der Waals surface area contributed by atoms with Crippen molar-refractivity contribution in [2.45, 2.75) is 88.4 Å². The van der Waals surface area contributed by atoms with E-state index in [1.54, 1.807) is 7.11 Å². The molecule has 1 aliphatic carbocycles. The fourth-order valence-electron chi connectivity index (χ4n) is 5.88. The van der Waals surface area contributed by atoms with E-state index in [4.69, 9.17) is 4.74 Å². The number of quaternary nitrogens is 1. The van der Waals surface area contributed by atoms with Crippen LogP contribution in [-0.2, 0) is 0 Å². The second-order valence-electron chi connectivity index (χ2n) is 8.50. The SMILES string of the molecule is COc1ccccc1C(=O)NC1C[C@H]2CCC[C@H](C1)[NH+]2C1CCCCC1. The van der Waals surface area contributed by atoms with E-state index in [-0.39, 0.29) is 5.91 Å². The van der Waals surface area contributed by atoms with E-state index in [0.717, 1.165) is 31.0 Å². The summed E-state index contributed by atoms with van der Waals surface area (Å²) in [5, 5.41) is 3.33. The van der Waals surface area contributed by atoms with Gasteiger partial charge in [-0.05, 0) is 57.1 Å². The number of benzene rings is 1. The van der Waals surface area contributed by atoms with Crippen molar-refractivity contribution in [1.82, 2.24) is 5.32 Å². The number of amides is 1. The summed E-state index contributed by atoms with van der Waals surface area (Å²) in [5.74, 6) is 0.683. The van der Waals surface area contributed by atoms with Gasteiger partial charge in [-0.25, -0.2) is 0 Å². The monoisotopic (exact) mass is 357 g/mol. The van der Waals surface area contributed by atoms with Crippen molar-refractivity contribution in [3.63, 3.8) is 0 Å². The molecule has 1 aromatic carbocycles. The molecule has 2 aliphatic heterocycles. The number of nitrogens with one attached hydrogen (secondary N) is 2. The topological polar surface area (TPSA) is 42.8 Å². The molecule has 1 aromatic rings. The Balaban J connectivity index is 1.43. The first-order valence-corrected chi connectivity index (χ1v) is 10.6. The van der Waals surface area contributed by atoms with Gasteiger partial charge in [-0.1, -0.05) is 18.6 Å². The Morgan fingerprint density at radius 1 is 0.962 bits per heavy atom. The van der Waals surface area contributed by atoms with Gasteiger partial charge < -0.3 is 15.0 Å². The number of hydrogen-bond donors (Lipinski definition) is 2. The molecule has 4 heteroatoms. The Morgan fingerprint density at radius 2 is 1.62 bits per heavy atom. The third-order valence-electron chi connectivity index (χ3n) is 6.95. The first kappa shape index (κ1) is 17.8. The number of rotatable bonds is 4. The second kappa shape index (κ2) is 7.99. The highest BCUT2D eigenvalue weighted by atomic mass is 16.5. The summed E-state index contributed by atoms with van der Waals surface area (Å²) >= 11 is 0. The largest absolute Gasteiger partial charge is 0.496 e. The minimum Gasteiger partial charge on any atom is -0.496 e. The van der Waals surface area contributed by atoms with Gasteiger partial charge >= 0.3 is 0 Å². The molecular formula is C22H33N2O2+. The van der Waals surface area contributed by atoms with Crippen molar-refractivity contribution in [2.75, 3.05) is 7.11 Å².